The van der Waals surface area contributed by atoms with E-state index >= 15 is 0 Å². The van der Waals surface area contributed by atoms with Crippen LogP contribution in [0.25, 0.3) is 0 Å². The topological polar surface area (TPSA) is 107 Å². The molecule has 0 spiro atoms. The SMILES string of the molecule is COc1ccc(C2c3sc(=O)n(CC(=O)Nc4ccc(C)cc4)c3SC3C(=O)N(c4ccc(Br)cc4)C(=O)C32)cc1OC. The highest BCUT2D eigenvalue weighted by atomic mass is 79.9. The number of thiazole rings is 1. The number of imide groups is 1. The molecule has 0 aliphatic carbocycles. The minimum Gasteiger partial charge on any atom is -0.493 e. The van der Waals surface area contributed by atoms with E-state index < -0.39 is 17.1 Å². The maximum Gasteiger partial charge on any atom is 0.308 e. The zero-order valence-electron chi connectivity index (χ0n) is 23.3. The third kappa shape index (κ3) is 5.28. The van der Waals surface area contributed by atoms with E-state index in [4.69, 9.17) is 9.47 Å². The number of nitrogens with one attached hydrogen (secondary N) is 1. The first kappa shape index (κ1) is 29.2. The Bertz CT molecular complexity index is 1800. The molecule has 3 aromatic carbocycles. The van der Waals surface area contributed by atoms with Crippen molar-refractivity contribution in [2.45, 2.75) is 29.7 Å². The van der Waals surface area contributed by atoms with Crippen molar-refractivity contribution in [1.29, 1.82) is 0 Å². The zero-order valence-corrected chi connectivity index (χ0v) is 26.5. The van der Waals surface area contributed by atoms with E-state index in [1.54, 1.807) is 48.5 Å². The van der Waals surface area contributed by atoms with Crippen LogP contribution in [0, 0.1) is 12.8 Å². The van der Waals surface area contributed by atoms with Crippen molar-refractivity contribution in [3.05, 3.63) is 96.9 Å². The quantitative estimate of drug-likeness (QED) is 0.260. The van der Waals surface area contributed by atoms with Crippen molar-refractivity contribution in [2.24, 2.45) is 5.92 Å². The summed E-state index contributed by atoms with van der Waals surface area (Å²) < 4.78 is 13.2. The van der Waals surface area contributed by atoms with Gasteiger partial charge in [-0.1, -0.05) is 62.8 Å². The number of ether oxygens (including phenoxy) is 2. The normalized spacial score (nSPS) is 19.2. The predicted octanol–water partition coefficient (Wildman–Crippen LogP) is 5.43. The number of methoxy groups -OCH3 is 2. The van der Waals surface area contributed by atoms with E-state index in [0.29, 0.717) is 38.3 Å². The minimum atomic E-state index is -0.804. The fourth-order valence-corrected chi connectivity index (χ4v) is 8.52. The van der Waals surface area contributed by atoms with E-state index in [1.165, 1.54) is 35.4 Å². The van der Waals surface area contributed by atoms with Gasteiger partial charge in [0.05, 0.1) is 30.9 Å². The van der Waals surface area contributed by atoms with Crippen LogP contribution < -0.4 is 24.6 Å². The maximum atomic E-state index is 14.1. The highest BCUT2D eigenvalue weighted by molar-refractivity contribution is 9.10. The van der Waals surface area contributed by atoms with Crippen LogP contribution in [0.2, 0.25) is 0 Å². The summed E-state index contributed by atoms with van der Waals surface area (Å²) in [5.74, 6) is -1.52. The van der Waals surface area contributed by atoms with Gasteiger partial charge in [0.25, 0.3) is 0 Å². The number of benzene rings is 3. The second kappa shape index (κ2) is 11.7. The Morgan fingerprint density at radius 2 is 1.63 bits per heavy atom. The van der Waals surface area contributed by atoms with Gasteiger partial charge in [0.15, 0.2) is 11.5 Å². The second-order valence-corrected chi connectivity index (χ2v) is 13.2. The lowest BCUT2D eigenvalue weighted by atomic mass is 9.83. The molecule has 1 N–H and O–H groups in total. The molecule has 3 atom stereocenters. The van der Waals surface area contributed by atoms with Crippen LogP contribution in [0.3, 0.4) is 0 Å². The molecule has 3 unspecified atom stereocenters. The Morgan fingerprint density at radius 3 is 2.30 bits per heavy atom. The van der Waals surface area contributed by atoms with Gasteiger partial charge in [-0.3, -0.25) is 23.7 Å². The number of fused-ring (bicyclic) bond motifs is 2. The maximum absolute atomic E-state index is 14.1. The van der Waals surface area contributed by atoms with Crippen LogP contribution in [0.1, 0.15) is 21.9 Å². The number of anilines is 2. The summed E-state index contributed by atoms with van der Waals surface area (Å²) in [5, 5.41) is 2.55. The van der Waals surface area contributed by atoms with Gasteiger partial charge >= 0.3 is 4.87 Å². The van der Waals surface area contributed by atoms with Gasteiger partial charge in [0.1, 0.15) is 11.8 Å². The van der Waals surface area contributed by atoms with E-state index in [9.17, 15) is 19.2 Å². The summed E-state index contributed by atoms with van der Waals surface area (Å²) in [7, 11) is 3.05. The largest absolute Gasteiger partial charge is 0.493 e. The molecule has 0 radical (unpaired) electrons. The molecule has 1 fully saturated rings. The van der Waals surface area contributed by atoms with Gasteiger partial charge in [0.2, 0.25) is 17.7 Å². The summed E-state index contributed by atoms with van der Waals surface area (Å²) in [6, 6.07) is 19.7. The van der Waals surface area contributed by atoms with Crippen LogP contribution in [0.15, 0.2) is 81.0 Å². The Morgan fingerprint density at radius 1 is 0.930 bits per heavy atom. The zero-order chi connectivity index (χ0) is 30.4. The van der Waals surface area contributed by atoms with E-state index in [1.807, 2.05) is 25.1 Å². The van der Waals surface area contributed by atoms with Gasteiger partial charge in [-0.2, -0.15) is 0 Å². The molecule has 1 aromatic heterocycles. The summed E-state index contributed by atoms with van der Waals surface area (Å²) in [4.78, 5) is 56.0. The lowest BCUT2D eigenvalue weighted by Gasteiger charge is -2.31. The summed E-state index contributed by atoms with van der Waals surface area (Å²) >= 11 is 5.57. The summed E-state index contributed by atoms with van der Waals surface area (Å²) in [5.41, 5.74) is 2.84. The van der Waals surface area contributed by atoms with Gasteiger partial charge < -0.3 is 14.8 Å². The molecule has 1 saturated heterocycles. The molecule has 0 saturated carbocycles. The number of rotatable bonds is 7. The van der Waals surface area contributed by atoms with Crippen LogP contribution in [-0.4, -0.2) is 41.8 Å². The number of carbonyl (C=O) groups excluding carboxylic acids is 3. The molecule has 0 bridgehead atoms. The number of aromatic nitrogens is 1. The second-order valence-electron chi connectivity index (χ2n) is 10.2. The molecule has 3 heterocycles. The minimum absolute atomic E-state index is 0.236. The number of nitrogens with zero attached hydrogens (tertiary/aromatic N) is 2. The molecule has 2 aliphatic heterocycles. The first-order chi connectivity index (χ1) is 20.7. The lowest BCUT2D eigenvalue weighted by molar-refractivity contribution is -0.122. The van der Waals surface area contributed by atoms with Gasteiger partial charge in [-0.15, -0.1) is 0 Å². The molecule has 12 heteroatoms. The van der Waals surface area contributed by atoms with Crippen molar-refractivity contribution in [3.8, 4) is 11.5 Å². The van der Waals surface area contributed by atoms with Crippen molar-refractivity contribution in [2.75, 3.05) is 24.4 Å². The summed E-state index contributed by atoms with van der Waals surface area (Å²) in [6.07, 6.45) is 0. The smallest absolute Gasteiger partial charge is 0.308 e. The highest BCUT2D eigenvalue weighted by Crippen LogP contribution is 2.54. The molecule has 9 nitrogen and oxygen atoms in total. The highest BCUT2D eigenvalue weighted by Gasteiger charge is 2.57. The molecular formula is C31H26BrN3O6S2. The molecule has 4 aromatic rings. The number of aryl methyl sites for hydroxylation is 1. The molecule has 3 amide bonds. The number of hydrogen-bond donors (Lipinski definition) is 1. The Hall–Kier alpha value is -3.87. The summed E-state index contributed by atoms with van der Waals surface area (Å²) in [6.45, 7) is 1.72. The fraction of sp³-hybridized carbons (Fsp3) is 0.226. The first-order valence-corrected chi connectivity index (χ1v) is 15.8. The molecular weight excluding hydrogens is 654 g/mol. The van der Waals surface area contributed by atoms with Crippen LogP contribution >= 0.6 is 39.0 Å². The molecule has 220 valence electrons. The Labute approximate surface area is 263 Å². The van der Waals surface area contributed by atoms with Crippen molar-refractivity contribution in [1.82, 2.24) is 4.57 Å². The fourth-order valence-electron chi connectivity index (χ4n) is 5.49. The number of amides is 3. The number of carbonyl (C=O) groups is 3. The third-order valence-corrected chi connectivity index (χ3v) is 10.7. The lowest BCUT2D eigenvalue weighted by Crippen LogP contribution is -2.33. The van der Waals surface area contributed by atoms with E-state index in [2.05, 4.69) is 21.2 Å². The number of halogens is 1. The average Bonchev–Trinajstić information content (AvgIpc) is 3.44. The van der Waals surface area contributed by atoms with Gasteiger partial charge in [-0.05, 0) is 61.0 Å². The van der Waals surface area contributed by atoms with Gasteiger partial charge in [0, 0.05) is 21.0 Å². The standard InChI is InChI=1S/C31H26BrN3O6S2/c1-16-4-9-19(10-5-16)33-23(36)15-34-30-27(43-31(34)39)24(17-6-13-21(40-2)22(14-17)41-3)25-26(42-30)29(38)35(28(25)37)20-11-7-18(32)8-12-20/h4-14,24-26H,15H2,1-3H3,(H,33,36). The van der Waals surface area contributed by atoms with Crippen molar-refractivity contribution in [3.63, 3.8) is 0 Å². The molecule has 2 aliphatic rings. The third-order valence-electron chi connectivity index (χ3n) is 7.54. The van der Waals surface area contributed by atoms with Gasteiger partial charge in [-0.25, -0.2) is 4.90 Å². The molecule has 6 rings (SSSR count). The first-order valence-electron chi connectivity index (χ1n) is 13.3. The van der Waals surface area contributed by atoms with Crippen molar-refractivity contribution >= 4 is 68.1 Å². The number of hydrogen-bond acceptors (Lipinski definition) is 8. The van der Waals surface area contributed by atoms with Crippen LogP contribution in [0.5, 0.6) is 11.5 Å². The van der Waals surface area contributed by atoms with Crippen LogP contribution in [-0.2, 0) is 20.9 Å². The van der Waals surface area contributed by atoms with E-state index in [-0.39, 0.29) is 29.1 Å². The molecule has 43 heavy (non-hydrogen) atoms. The average molecular weight is 681 g/mol. The monoisotopic (exact) mass is 679 g/mol. The Kier molecular flexibility index (Phi) is 7.92. The number of thioether (sulfide) groups is 1. The predicted molar refractivity (Wildman–Crippen MR) is 170 cm³/mol. The Balaban J connectivity index is 1.43. The van der Waals surface area contributed by atoms with Crippen molar-refractivity contribution < 1.29 is 23.9 Å². The van der Waals surface area contributed by atoms with Crippen LogP contribution in [0.4, 0.5) is 11.4 Å². The van der Waals surface area contributed by atoms with E-state index in [0.717, 1.165) is 21.4 Å².